The molecule has 96 valence electrons. The van der Waals surface area contributed by atoms with Gasteiger partial charge in [0.2, 0.25) is 0 Å². The minimum absolute atomic E-state index is 0.270. The predicted octanol–water partition coefficient (Wildman–Crippen LogP) is 1.38. The first-order chi connectivity index (χ1) is 8.58. The van der Waals surface area contributed by atoms with Gasteiger partial charge in [-0.05, 0) is 6.07 Å². The summed E-state index contributed by atoms with van der Waals surface area (Å²) in [4.78, 5) is 4.29. The van der Waals surface area contributed by atoms with E-state index in [4.69, 9.17) is 0 Å². The van der Waals surface area contributed by atoms with Gasteiger partial charge in [-0.1, -0.05) is 0 Å². The molecular formula is C10H11F2N5O. The Balaban J connectivity index is 2.09. The van der Waals surface area contributed by atoms with Gasteiger partial charge in [0, 0.05) is 13.2 Å². The molecule has 6 nitrogen and oxygen atoms in total. The van der Waals surface area contributed by atoms with E-state index in [1.165, 1.54) is 12.3 Å². The molecule has 2 aromatic rings. The van der Waals surface area contributed by atoms with Crippen molar-refractivity contribution in [3.8, 4) is 11.5 Å². The Morgan fingerprint density at radius 2 is 2.17 bits per heavy atom. The predicted molar refractivity (Wildman–Crippen MR) is 56.7 cm³/mol. The number of hydroxylamine groups is 2. The first-order valence-corrected chi connectivity index (χ1v) is 5.38. The Bertz CT molecular complexity index is 591. The summed E-state index contributed by atoms with van der Waals surface area (Å²) in [5, 5.41) is 14.1. The van der Waals surface area contributed by atoms with E-state index < -0.39 is 6.55 Å². The van der Waals surface area contributed by atoms with Crippen LogP contribution in [0.3, 0.4) is 0 Å². The molecule has 3 rings (SSSR count). The SMILES string of the molecule is Cn1c(-c2ccnn2C(F)F)nc2c1CN(O)C2. The highest BCUT2D eigenvalue weighted by atomic mass is 19.3. The lowest BCUT2D eigenvalue weighted by molar-refractivity contribution is -0.0984. The van der Waals surface area contributed by atoms with E-state index >= 15 is 0 Å². The fourth-order valence-corrected chi connectivity index (χ4v) is 2.19. The van der Waals surface area contributed by atoms with Crippen LogP contribution in [0.5, 0.6) is 0 Å². The van der Waals surface area contributed by atoms with Gasteiger partial charge in [0.15, 0.2) is 5.82 Å². The molecule has 0 aliphatic carbocycles. The molecule has 0 saturated heterocycles. The third-order valence-electron chi connectivity index (χ3n) is 3.05. The van der Waals surface area contributed by atoms with Crippen LogP contribution in [0, 0.1) is 0 Å². The summed E-state index contributed by atoms with van der Waals surface area (Å²) in [6.07, 6.45) is 1.32. The van der Waals surface area contributed by atoms with Crippen LogP contribution in [0.1, 0.15) is 17.9 Å². The van der Waals surface area contributed by atoms with Gasteiger partial charge in [-0.15, -0.1) is 0 Å². The topological polar surface area (TPSA) is 59.1 Å². The van der Waals surface area contributed by atoms with E-state index in [0.29, 0.717) is 29.3 Å². The van der Waals surface area contributed by atoms with Crippen molar-refractivity contribution >= 4 is 0 Å². The van der Waals surface area contributed by atoms with E-state index in [0.717, 1.165) is 10.8 Å². The average molecular weight is 255 g/mol. The van der Waals surface area contributed by atoms with Crippen molar-refractivity contribution in [1.29, 1.82) is 0 Å². The fourth-order valence-electron chi connectivity index (χ4n) is 2.19. The van der Waals surface area contributed by atoms with E-state index in [2.05, 4.69) is 10.1 Å². The summed E-state index contributed by atoms with van der Waals surface area (Å²) in [5.41, 5.74) is 1.80. The standard InChI is InChI=1S/C10H11F2N5O/c1-15-8-5-16(18)4-6(8)14-9(15)7-2-3-13-17(7)10(11)12/h2-3,10,18H,4-5H2,1H3. The third-order valence-corrected chi connectivity index (χ3v) is 3.05. The van der Waals surface area contributed by atoms with Crippen LogP contribution in [0.15, 0.2) is 12.3 Å². The Morgan fingerprint density at radius 1 is 1.39 bits per heavy atom. The Morgan fingerprint density at radius 3 is 2.83 bits per heavy atom. The second-order valence-electron chi connectivity index (χ2n) is 4.15. The molecule has 0 amide bonds. The van der Waals surface area contributed by atoms with Crippen molar-refractivity contribution in [3.05, 3.63) is 23.7 Å². The first kappa shape index (κ1) is 11.3. The monoisotopic (exact) mass is 255 g/mol. The van der Waals surface area contributed by atoms with Crippen molar-refractivity contribution in [2.75, 3.05) is 0 Å². The number of imidazole rings is 1. The van der Waals surface area contributed by atoms with Crippen LogP contribution in [-0.2, 0) is 20.1 Å². The quantitative estimate of drug-likeness (QED) is 0.880. The van der Waals surface area contributed by atoms with E-state index in [-0.39, 0.29) is 5.69 Å². The highest BCUT2D eigenvalue weighted by Gasteiger charge is 2.27. The smallest absolute Gasteiger partial charge is 0.328 e. The van der Waals surface area contributed by atoms with Gasteiger partial charge in [0.25, 0.3) is 0 Å². The molecule has 0 aromatic carbocycles. The molecule has 0 spiro atoms. The largest absolute Gasteiger partial charge is 0.333 e. The van der Waals surface area contributed by atoms with Gasteiger partial charge in [-0.3, -0.25) is 0 Å². The van der Waals surface area contributed by atoms with Crippen LogP contribution in [-0.4, -0.2) is 29.6 Å². The molecule has 0 fully saturated rings. The molecule has 3 heterocycles. The van der Waals surface area contributed by atoms with Crippen molar-refractivity contribution in [1.82, 2.24) is 24.4 Å². The zero-order chi connectivity index (χ0) is 12.9. The number of hydrogen-bond acceptors (Lipinski definition) is 4. The molecule has 0 unspecified atom stereocenters. The van der Waals surface area contributed by atoms with Gasteiger partial charge in [0.05, 0.1) is 24.5 Å². The second-order valence-corrected chi connectivity index (χ2v) is 4.15. The van der Waals surface area contributed by atoms with Gasteiger partial charge in [0.1, 0.15) is 5.69 Å². The number of aromatic nitrogens is 4. The number of nitrogens with zero attached hydrogens (tertiary/aromatic N) is 5. The zero-order valence-electron chi connectivity index (χ0n) is 9.59. The average Bonchev–Trinajstić information content (AvgIpc) is 2.95. The minimum Gasteiger partial charge on any atom is -0.328 e. The number of rotatable bonds is 2. The Hall–Kier alpha value is -1.80. The molecule has 0 saturated carbocycles. The summed E-state index contributed by atoms with van der Waals surface area (Å²) >= 11 is 0. The van der Waals surface area contributed by atoms with Crippen molar-refractivity contribution in [2.45, 2.75) is 19.6 Å². The van der Waals surface area contributed by atoms with Crippen LogP contribution >= 0.6 is 0 Å². The third kappa shape index (κ3) is 1.53. The van der Waals surface area contributed by atoms with E-state index in [9.17, 15) is 14.0 Å². The van der Waals surface area contributed by atoms with Gasteiger partial charge < -0.3 is 9.77 Å². The molecule has 1 aliphatic rings. The highest BCUT2D eigenvalue weighted by molar-refractivity contribution is 5.52. The molecule has 2 aromatic heterocycles. The molecule has 0 bridgehead atoms. The van der Waals surface area contributed by atoms with Crippen molar-refractivity contribution < 1.29 is 14.0 Å². The molecule has 8 heteroatoms. The maximum Gasteiger partial charge on any atom is 0.333 e. The summed E-state index contributed by atoms with van der Waals surface area (Å²) < 4.78 is 27.9. The summed E-state index contributed by atoms with van der Waals surface area (Å²) in [6, 6.07) is 1.50. The molecule has 18 heavy (non-hydrogen) atoms. The van der Waals surface area contributed by atoms with Crippen LogP contribution in [0.4, 0.5) is 8.78 Å². The van der Waals surface area contributed by atoms with Crippen LogP contribution < -0.4 is 0 Å². The van der Waals surface area contributed by atoms with Crippen LogP contribution in [0.2, 0.25) is 0 Å². The number of hydrogen-bond donors (Lipinski definition) is 1. The van der Waals surface area contributed by atoms with Gasteiger partial charge >= 0.3 is 6.55 Å². The van der Waals surface area contributed by atoms with Gasteiger partial charge in [-0.2, -0.15) is 18.9 Å². The zero-order valence-corrected chi connectivity index (χ0v) is 9.59. The Labute approximate surface area is 101 Å². The summed E-state index contributed by atoms with van der Waals surface area (Å²) in [7, 11) is 1.74. The first-order valence-electron chi connectivity index (χ1n) is 5.38. The van der Waals surface area contributed by atoms with Crippen LogP contribution in [0.25, 0.3) is 11.5 Å². The lowest BCUT2D eigenvalue weighted by Crippen LogP contribution is -2.13. The second kappa shape index (κ2) is 3.85. The normalized spacial score (nSPS) is 15.6. The molecule has 0 atom stereocenters. The lowest BCUT2D eigenvalue weighted by Gasteiger charge is -2.09. The molecule has 1 N–H and O–H groups in total. The Kier molecular flexibility index (Phi) is 2.42. The highest BCUT2D eigenvalue weighted by Crippen LogP contribution is 2.28. The summed E-state index contributed by atoms with van der Waals surface area (Å²) in [5.74, 6) is 0.436. The van der Waals surface area contributed by atoms with E-state index in [1.54, 1.807) is 11.6 Å². The van der Waals surface area contributed by atoms with E-state index in [1.807, 2.05) is 0 Å². The number of alkyl halides is 2. The summed E-state index contributed by atoms with van der Waals surface area (Å²) in [6.45, 7) is -2.04. The minimum atomic E-state index is -2.70. The number of halogens is 2. The maximum absolute atomic E-state index is 12.8. The fraction of sp³-hybridized carbons (Fsp3) is 0.400. The lowest BCUT2D eigenvalue weighted by atomic mass is 10.4. The van der Waals surface area contributed by atoms with Crippen molar-refractivity contribution in [3.63, 3.8) is 0 Å². The van der Waals surface area contributed by atoms with Gasteiger partial charge in [-0.25, -0.2) is 9.67 Å². The molecule has 0 radical (unpaired) electrons. The maximum atomic E-state index is 12.8. The number of fused-ring (bicyclic) bond motifs is 1. The molecule has 1 aliphatic heterocycles. The molecular weight excluding hydrogens is 244 g/mol. The van der Waals surface area contributed by atoms with Crippen molar-refractivity contribution in [2.24, 2.45) is 7.05 Å².